The van der Waals surface area contributed by atoms with Crippen LogP contribution in [0.1, 0.15) is 31.2 Å². The molecule has 0 bridgehead atoms. The molecule has 0 amide bonds. The van der Waals surface area contributed by atoms with E-state index in [9.17, 15) is 5.11 Å². The van der Waals surface area contributed by atoms with Gasteiger partial charge in [0.1, 0.15) is 16.1 Å². The number of nitrogens with zero attached hydrogens (tertiary/aromatic N) is 6. The molecule has 9 heteroatoms. The van der Waals surface area contributed by atoms with Crippen molar-refractivity contribution in [3.8, 4) is 0 Å². The number of thiazole rings is 1. The third-order valence-corrected chi connectivity index (χ3v) is 7.57. The van der Waals surface area contributed by atoms with Crippen LogP contribution in [0.3, 0.4) is 0 Å². The summed E-state index contributed by atoms with van der Waals surface area (Å²) in [6, 6.07) is 6.34. The number of hydrogen-bond acceptors (Lipinski definition) is 9. The van der Waals surface area contributed by atoms with E-state index in [0.29, 0.717) is 6.42 Å². The molecule has 0 spiro atoms. The van der Waals surface area contributed by atoms with Crippen LogP contribution in [0, 0.1) is 5.92 Å². The van der Waals surface area contributed by atoms with Crippen LogP contribution in [0.4, 0.5) is 11.5 Å². The van der Waals surface area contributed by atoms with E-state index in [1.807, 2.05) is 12.3 Å². The summed E-state index contributed by atoms with van der Waals surface area (Å²) in [7, 11) is 0. The normalized spacial score (nSPS) is 21.9. The molecular formula is C22H28N6O2S. The second-order valence-corrected chi connectivity index (χ2v) is 9.21. The Kier molecular flexibility index (Phi) is 5.73. The minimum Gasteiger partial charge on any atom is -0.382 e. The Balaban J connectivity index is 1.43. The van der Waals surface area contributed by atoms with Crippen molar-refractivity contribution in [1.82, 2.24) is 20.4 Å². The van der Waals surface area contributed by atoms with Gasteiger partial charge in [-0.05, 0) is 42.7 Å². The number of ether oxygens (including phenoxy) is 1. The third-order valence-electron chi connectivity index (χ3n) is 6.63. The molecule has 2 aliphatic heterocycles. The molecule has 3 aromatic rings. The quantitative estimate of drug-likeness (QED) is 0.648. The minimum atomic E-state index is -0.910. The molecule has 2 aliphatic rings. The van der Waals surface area contributed by atoms with E-state index in [1.165, 1.54) is 11.3 Å². The highest BCUT2D eigenvalue weighted by Gasteiger charge is 2.41. The first-order valence-corrected chi connectivity index (χ1v) is 11.9. The highest BCUT2D eigenvalue weighted by atomic mass is 32.1. The lowest BCUT2D eigenvalue weighted by Crippen LogP contribution is -2.46. The molecule has 0 saturated carbocycles. The summed E-state index contributed by atoms with van der Waals surface area (Å²) in [6.45, 7) is 6.93. The Morgan fingerprint density at radius 2 is 2.06 bits per heavy atom. The third kappa shape index (κ3) is 3.86. The zero-order valence-electron chi connectivity index (χ0n) is 17.8. The van der Waals surface area contributed by atoms with Crippen molar-refractivity contribution in [2.24, 2.45) is 5.92 Å². The van der Waals surface area contributed by atoms with Gasteiger partial charge in [-0.1, -0.05) is 6.92 Å². The topological polar surface area (TPSA) is 87.5 Å². The van der Waals surface area contributed by atoms with Gasteiger partial charge >= 0.3 is 0 Å². The Bertz CT molecular complexity index is 1030. The maximum atomic E-state index is 11.5. The number of hydrogen-bond donors (Lipinski definition) is 1. The highest BCUT2D eigenvalue weighted by molar-refractivity contribution is 7.09. The number of aromatic nitrogens is 4. The molecule has 8 nitrogen and oxygen atoms in total. The summed E-state index contributed by atoms with van der Waals surface area (Å²) in [5.41, 5.74) is 1.08. The first kappa shape index (κ1) is 20.5. The molecule has 2 saturated heterocycles. The van der Waals surface area contributed by atoms with Gasteiger partial charge < -0.3 is 19.6 Å². The monoisotopic (exact) mass is 440 g/mol. The molecule has 1 aromatic carbocycles. The standard InChI is InChI=1S/C22H28N6O2S/c1-2-22(29,21-23-7-13-31-21)16-4-3-8-28(15-16)20-18-6-5-17(14-19(18)24-26-25-20)27-9-11-30-12-10-27/h5-7,13-14,16,29H,2-4,8-12,15H2,1H3/t16-,22+/m0/s1. The van der Waals surface area contributed by atoms with E-state index < -0.39 is 5.60 Å². The van der Waals surface area contributed by atoms with Crippen molar-refractivity contribution in [1.29, 1.82) is 0 Å². The summed E-state index contributed by atoms with van der Waals surface area (Å²) in [5, 5.41) is 28.1. The second kappa shape index (κ2) is 8.64. The van der Waals surface area contributed by atoms with Gasteiger partial charge in [0.05, 0.1) is 13.2 Å². The van der Waals surface area contributed by atoms with Gasteiger partial charge in [-0.2, -0.15) is 0 Å². The smallest absolute Gasteiger partial charge is 0.162 e. The van der Waals surface area contributed by atoms with Gasteiger partial charge in [-0.25, -0.2) is 4.98 Å². The molecule has 0 radical (unpaired) electrons. The van der Waals surface area contributed by atoms with E-state index in [-0.39, 0.29) is 5.92 Å². The molecule has 164 valence electrons. The minimum absolute atomic E-state index is 0.0926. The van der Waals surface area contributed by atoms with Crippen molar-refractivity contribution < 1.29 is 9.84 Å². The molecule has 1 N–H and O–H groups in total. The Hall–Kier alpha value is -2.36. The number of rotatable bonds is 5. The van der Waals surface area contributed by atoms with Gasteiger partial charge in [0.2, 0.25) is 0 Å². The fraction of sp³-hybridized carbons (Fsp3) is 0.545. The number of fused-ring (bicyclic) bond motifs is 1. The lowest BCUT2D eigenvalue weighted by molar-refractivity contribution is -0.0333. The first-order chi connectivity index (χ1) is 15.2. The predicted molar refractivity (Wildman–Crippen MR) is 122 cm³/mol. The first-order valence-electron chi connectivity index (χ1n) is 11.0. The molecular weight excluding hydrogens is 412 g/mol. The number of anilines is 2. The second-order valence-electron chi connectivity index (χ2n) is 8.31. The van der Waals surface area contributed by atoms with Crippen LogP contribution >= 0.6 is 11.3 Å². The SMILES string of the molecule is CC[C@](O)(c1nccs1)[C@H]1CCCN(c2nnnc3cc(N4CCOCC4)ccc23)C1. The van der Waals surface area contributed by atoms with E-state index in [4.69, 9.17) is 4.74 Å². The van der Waals surface area contributed by atoms with Crippen LogP contribution in [0.2, 0.25) is 0 Å². The van der Waals surface area contributed by atoms with Crippen molar-refractivity contribution >= 4 is 33.7 Å². The Morgan fingerprint density at radius 3 is 2.84 bits per heavy atom. The van der Waals surface area contributed by atoms with E-state index >= 15 is 0 Å². The average Bonchev–Trinajstić information content (AvgIpc) is 3.39. The lowest BCUT2D eigenvalue weighted by Gasteiger charge is -2.41. The van der Waals surface area contributed by atoms with Crippen LogP contribution in [0.15, 0.2) is 29.8 Å². The molecule has 2 atom stereocenters. The van der Waals surface area contributed by atoms with Gasteiger partial charge in [-0.3, -0.25) is 0 Å². The summed E-state index contributed by atoms with van der Waals surface area (Å²) >= 11 is 1.53. The van der Waals surface area contributed by atoms with Crippen molar-refractivity contribution in [2.45, 2.75) is 31.8 Å². The van der Waals surface area contributed by atoms with Crippen LogP contribution < -0.4 is 9.80 Å². The van der Waals surface area contributed by atoms with Gasteiger partial charge in [0.25, 0.3) is 0 Å². The molecule has 5 rings (SSSR count). The van der Waals surface area contributed by atoms with Gasteiger partial charge in [0.15, 0.2) is 5.82 Å². The molecule has 0 aliphatic carbocycles. The van der Waals surface area contributed by atoms with E-state index in [0.717, 1.165) is 79.7 Å². The number of aliphatic hydroxyl groups is 1. The number of piperidine rings is 1. The van der Waals surface area contributed by atoms with E-state index in [1.54, 1.807) is 6.20 Å². The van der Waals surface area contributed by atoms with Crippen LogP contribution in [-0.2, 0) is 10.3 Å². The maximum absolute atomic E-state index is 11.5. The fourth-order valence-electron chi connectivity index (χ4n) is 4.82. The van der Waals surface area contributed by atoms with Crippen molar-refractivity contribution in [2.75, 3.05) is 49.2 Å². The molecule has 0 unspecified atom stereocenters. The van der Waals surface area contributed by atoms with E-state index in [2.05, 4.69) is 48.4 Å². The molecule has 4 heterocycles. The molecule has 2 fully saturated rings. The van der Waals surface area contributed by atoms with Gasteiger partial charge in [0, 0.05) is 54.7 Å². The van der Waals surface area contributed by atoms with Crippen molar-refractivity contribution in [3.63, 3.8) is 0 Å². The van der Waals surface area contributed by atoms with Crippen LogP contribution in [0.25, 0.3) is 10.9 Å². The Morgan fingerprint density at radius 1 is 1.19 bits per heavy atom. The summed E-state index contributed by atoms with van der Waals surface area (Å²) in [6.07, 6.45) is 4.38. The van der Waals surface area contributed by atoms with Crippen LogP contribution in [0.5, 0.6) is 0 Å². The summed E-state index contributed by atoms with van der Waals surface area (Å²) in [4.78, 5) is 9.01. The van der Waals surface area contributed by atoms with Gasteiger partial charge in [-0.15, -0.1) is 21.5 Å². The summed E-state index contributed by atoms with van der Waals surface area (Å²) in [5.74, 6) is 0.941. The predicted octanol–water partition coefficient (Wildman–Crippen LogP) is 2.83. The summed E-state index contributed by atoms with van der Waals surface area (Å²) < 4.78 is 5.47. The molecule has 2 aromatic heterocycles. The number of morpholine rings is 1. The maximum Gasteiger partial charge on any atom is 0.162 e. The lowest BCUT2D eigenvalue weighted by atomic mass is 9.80. The molecule has 31 heavy (non-hydrogen) atoms. The zero-order chi connectivity index (χ0) is 21.3. The fourth-order valence-corrected chi connectivity index (χ4v) is 5.71. The largest absolute Gasteiger partial charge is 0.382 e. The van der Waals surface area contributed by atoms with Crippen molar-refractivity contribution in [3.05, 3.63) is 34.8 Å². The average molecular weight is 441 g/mol. The number of benzene rings is 1. The zero-order valence-corrected chi connectivity index (χ0v) is 18.6. The van der Waals surface area contributed by atoms with Crippen LogP contribution in [-0.4, -0.2) is 64.9 Å². The Labute approximate surface area is 185 Å². The highest BCUT2D eigenvalue weighted by Crippen LogP contribution is 2.40.